The zero-order valence-electron chi connectivity index (χ0n) is 16.1. The fraction of sp³-hybridized carbons (Fsp3) is 0.217. The van der Waals surface area contributed by atoms with Gasteiger partial charge < -0.3 is 8.94 Å². The van der Waals surface area contributed by atoms with Crippen LogP contribution in [0.2, 0.25) is 0 Å². The largest absolute Gasteiger partial charge is 0.465 e. The highest BCUT2D eigenvalue weighted by Gasteiger charge is 2.22. The summed E-state index contributed by atoms with van der Waals surface area (Å²) < 4.78 is 11.2. The van der Waals surface area contributed by atoms with Gasteiger partial charge in [-0.3, -0.25) is 4.90 Å². The van der Waals surface area contributed by atoms with Crippen molar-refractivity contribution in [2.45, 2.75) is 25.9 Å². The smallest absolute Gasteiger partial charge is 0.240 e. The quantitative estimate of drug-likeness (QED) is 0.466. The summed E-state index contributed by atoms with van der Waals surface area (Å²) in [5.41, 5.74) is 2.28. The Labute approximate surface area is 164 Å². The number of aromatic nitrogens is 2. The molecule has 0 aliphatic heterocycles. The molecule has 4 rings (SSSR count). The monoisotopic (exact) mass is 373 g/mol. The first kappa shape index (κ1) is 18.2. The molecule has 0 unspecified atom stereocenters. The Hall–Kier alpha value is -3.18. The number of hydrogen-bond donors (Lipinski definition) is 0. The molecule has 28 heavy (non-hydrogen) atoms. The summed E-state index contributed by atoms with van der Waals surface area (Å²) in [7, 11) is 2.01. The van der Waals surface area contributed by atoms with Crippen molar-refractivity contribution in [3.63, 3.8) is 0 Å². The Morgan fingerprint density at radius 2 is 1.50 bits per heavy atom. The zero-order chi connectivity index (χ0) is 19.3. The van der Waals surface area contributed by atoms with Crippen molar-refractivity contribution in [1.82, 2.24) is 15.0 Å². The van der Waals surface area contributed by atoms with Crippen LogP contribution in [0.3, 0.4) is 0 Å². The Balaban J connectivity index is 1.55. The summed E-state index contributed by atoms with van der Waals surface area (Å²) >= 11 is 0. The molecule has 142 valence electrons. The Morgan fingerprint density at radius 1 is 0.857 bits per heavy atom. The molecule has 0 radical (unpaired) electrons. The molecule has 2 aromatic carbocycles. The van der Waals surface area contributed by atoms with Crippen molar-refractivity contribution in [1.29, 1.82) is 0 Å². The van der Waals surface area contributed by atoms with Gasteiger partial charge in [-0.1, -0.05) is 65.8 Å². The van der Waals surface area contributed by atoms with Crippen molar-refractivity contribution >= 4 is 0 Å². The minimum Gasteiger partial charge on any atom is -0.465 e. The van der Waals surface area contributed by atoms with Crippen molar-refractivity contribution in [3.05, 3.63) is 107 Å². The standard InChI is InChI=1S/C23H23N3O2/c1-17-13-14-20(27-17)15-26(2)16-21-24-23(25-28-21)22(18-9-5-3-6-10-18)19-11-7-4-8-12-19/h3-14,22H,15-16H2,1-2H3. The van der Waals surface area contributed by atoms with Gasteiger partial charge in [0, 0.05) is 0 Å². The SMILES string of the molecule is Cc1ccc(CN(C)Cc2nc(C(c3ccccc3)c3ccccc3)no2)o1. The predicted molar refractivity (Wildman–Crippen MR) is 107 cm³/mol. The maximum Gasteiger partial charge on any atom is 0.240 e. The maximum atomic E-state index is 5.64. The van der Waals surface area contributed by atoms with E-state index in [0.29, 0.717) is 24.8 Å². The molecule has 4 aromatic rings. The van der Waals surface area contributed by atoms with E-state index in [1.54, 1.807) is 0 Å². The summed E-state index contributed by atoms with van der Waals surface area (Å²) in [6.45, 7) is 3.19. The van der Waals surface area contributed by atoms with Gasteiger partial charge in [-0.25, -0.2) is 0 Å². The molecule has 2 aromatic heterocycles. The van der Waals surface area contributed by atoms with Crippen LogP contribution in [0.15, 0.2) is 81.7 Å². The topological polar surface area (TPSA) is 55.3 Å². The van der Waals surface area contributed by atoms with E-state index in [1.165, 1.54) is 0 Å². The summed E-state index contributed by atoms with van der Waals surface area (Å²) in [5, 5.41) is 4.30. The first-order valence-corrected chi connectivity index (χ1v) is 9.35. The number of benzene rings is 2. The van der Waals surface area contributed by atoms with Crippen LogP contribution in [-0.4, -0.2) is 22.1 Å². The van der Waals surface area contributed by atoms with E-state index in [9.17, 15) is 0 Å². The van der Waals surface area contributed by atoms with Gasteiger partial charge >= 0.3 is 0 Å². The molecule has 0 aliphatic rings. The normalized spacial score (nSPS) is 11.4. The molecular formula is C23H23N3O2. The maximum absolute atomic E-state index is 5.64. The molecule has 0 aliphatic carbocycles. The number of aryl methyl sites for hydroxylation is 1. The molecule has 0 atom stereocenters. The Morgan fingerprint density at radius 3 is 2.07 bits per heavy atom. The molecule has 0 spiro atoms. The first-order valence-electron chi connectivity index (χ1n) is 9.35. The van der Waals surface area contributed by atoms with Gasteiger partial charge in [-0.2, -0.15) is 4.98 Å². The van der Waals surface area contributed by atoms with E-state index in [0.717, 1.165) is 22.6 Å². The van der Waals surface area contributed by atoms with Gasteiger partial charge in [0.25, 0.3) is 0 Å². The second-order valence-corrected chi connectivity index (χ2v) is 6.99. The molecule has 0 saturated carbocycles. The highest BCUT2D eigenvalue weighted by molar-refractivity contribution is 5.37. The summed E-state index contributed by atoms with van der Waals surface area (Å²) in [5.74, 6) is 3.05. The first-order chi connectivity index (χ1) is 13.7. The highest BCUT2D eigenvalue weighted by Crippen LogP contribution is 2.29. The molecule has 0 saturated heterocycles. The summed E-state index contributed by atoms with van der Waals surface area (Å²) in [6, 6.07) is 24.5. The molecule has 5 nitrogen and oxygen atoms in total. The zero-order valence-corrected chi connectivity index (χ0v) is 16.1. The van der Waals surface area contributed by atoms with Crippen LogP contribution < -0.4 is 0 Å². The van der Waals surface area contributed by atoms with Gasteiger partial charge in [0.05, 0.1) is 19.0 Å². The van der Waals surface area contributed by atoms with E-state index >= 15 is 0 Å². The predicted octanol–water partition coefficient (Wildman–Crippen LogP) is 4.78. The minimum atomic E-state index is -0.0575. The van der Waals surface area contributed by atoms with Gasteiger partial charge in [-0.05, 0) is 37.2 Å². The van der Waals surface area contributed by atoms with Crippen molar-refractivity contribution in [2.24, 2.45) is 0 Å². The Kier molecular flexibility index (Phi) is 5.35. The molecule has 0 fully saturated rings. The minimum absolute atomic E-state index is 0.0575. The second-order valence-electron chi connectivity index (χ2n) is 6.99. The third kappa shape index (κ3) is 4.21. The lowest BCUT2D eigenvalue weighted by Gasteiger charge is -2.14. The van der Waals surface area contributed by atoms with E-state index in [4.69, 9.17) is 13.9 Å². The van der Waals surface area contributed by atoms with Crippen LogP contribution in [0, 0.1) is 6.92 Å². The van der Waals surface area contributed by atoms with Crippen molar-refractivity contribution < 1.29 is 8.94 Å². The van der Waals surface area contributed by atoms with E-state index in [2.05, 4.69) is 34.3 Å². The van der Waals surface area contributed by atoms with E-state index < -0.39 is 0 Å². The Bertz CT molecular complexity index is 969. The second kappa shape index (κ2) is 8.23. The molecule has 2 heterocycles. The van der Waals surface area contributed by atoms with Crippen molar-refractivity contribution in [3.8, 4) is 0 Å². The van der Waals surface area contributed by atoms with E-state index in [-0.39, 0.29) is 5.92 Å². The molecule has 0 amide bonds. The van der Waals surface area contributed by atoms with E-state index in [1.807, 2.05) is 62.5 Å². The lowest BCUT2D eigenvalue weighted by Crippen LogP contribution is -2.17. The number of furan rings is 1. The van der Waals surface area contributed by atoms with Crippen LogP contribution in [-0.2, 0) is 13.1 Å². The van der Waals surface area contributed by atoms with Gasteiger partial charge in [0.15, 0.2) is 5.82 Å². The van der Waals surface area contributed by atoms with Crippen molar-refractivity contribution in [2.75, 3.05) is 7.05 Å². The number of nitrogens with zero attached hydrogens (tertiary/aromatic N) is 3. The average molecular weight is 373 g/mol. The fourth-order valence-electron chi connectivity index (χ4n) is 3.35. The third-order valence-corrected chi connectivity index (χ3v) is 4.63. The van der Waals surface area contributed by atoms with Crippen LogP contribution in [0.4, 0.5) is 0 Å². The third-order valence-electron chi connectivity index (χ3n) is 4.63. The summed E-state index contributed by atoms with van der Waals surface area (Å²) in [6.07, 6.45) is 0. The van der Waals surface area contributed by atoms with Gasteiger partial charge in [0.1, 0.15) is 11.5 Å². The van der Waals surface area contributed by atoms with Crippen LogP contribution in [0.25, 0.3) is 0 Å². The molecule has 5 heteroatoms. The average Bonchev–Trinajstić information content (AvgIpc) is 3.33. The van der Waals surface area contributed by atoms with Crippen LogP contribution in [0.1, 0.15) is 40.3 Å². The van der Waals surface area contributed by atoms with Crippen LogP contribution >= 0.6 is 0 Å². The highest BCUT2D eigenvalue weighted by atomic mass is 16.5. The molecular weight excluding hydrogens is 350 g/mol. The van der Waals surface area contributed by atoms with Gasteiger partial charge in [0.2, 0.25) is 5.89 Å². The summed E-state index contributed by atoms with van der Waals surface area (Å²) in [4.78, 5) is 6.79. The lowest BCUT2D eigenvalue weighted by molar-refractivity contribution is 0.242. The van der Waals surface area contributed by atoms with Gasteiger partial charge in [-0.15, -0.1) is 0 Å². The van der Waals surface area contributed by atoms with Crippen LogP contribution in [0.5, 0.6) is 0 Å². The molecule has 0 bridgehead atoms. The number of rotatable bonds is 7. The number of hydrogen-bond acceptors (Lipinski definition) is 5. The fourth-order valence-corrected chi connectivity index (χ4v) is 3.35. The lowest BCUT2D eigenvalue weighted by atomic mass is 9.91. The molecule has 0 N–H and O–H groups in total.